The highest BCUT2D eigenvalue weighted by atomic mass is 16.2. The molecule has 102 valence electrons. The topological polar surface area (TPSA) is 106 Å². The fraction of sp³-hybridized carbons (Fsp3) is 0.636. The maximum atomic E-state index is 12.3. The van der Waals surface area contributed by atoms with Crippen LogP contribution in [0.5, 0.6) is 0 Å². The molecule has 0 aliphatic carbocycles. The zero-order valence-corrected chi connectivity index (χ0v) is 10.5. The number of nitrogens with one attached hydrogen (secondary N) is 1. The van der Waals surface area contributed by atoms with Gasteiger partial charge in [-0.15, -0.1) is 5.10 Å². The highest BCUT2D eigenvalue weighted by Crippen LogP contribution is 2.19. The number of aromatic nitrogens is 3. The molecule has 1 unspecified atom stereocenters. The predicted molar refractivity (Wildman–Crippen MR) is 65.2 cm³/mol. The summed E-state index contributed by atoms with van der Waals surface area (Å²) >= 11 is 0. The van der Waals surface area contributed by atoms with Crippen LogP contribution >= 0.6 is 0 Å². The largest absolute Gasteiger partial charge is 0.368 e. The number of hydrogen-bond acceptors (Lipinski definition) is 5. The van der Waals surface area contributed by atoms with Crippen LogP contribution in [-0.2, 0) is 4.79 Å². The lowest BCUT2D eigenvalue weighted by Crippen LogP contribution is -2.44. The third-order valence-corrected chi connectivity index (χ3v) is 3.71. The molecule has 0 spiro atoms. The third-order valence-electron chi connectivity index (χ3n) is 3.71. The van der Waals surface area contributed by atoms with Gasteiger partial charge in [0.25, 0.3) is 5.91 Å². The summed E-state index contributed by atoms with van der Waals surface area (Å²) in [7, 11) is 0. The number of likely N-dealkylation sites (tertiary alicyclic amines) is 1. The third kappa shape index (κ3) is 2.07. The molecular formula is C11H16N6O2. The van der Waals surface area contributed by atoms with Crippen LogP contribution in [0.4, 0.5) is 0 Å². The molecule has 2 aliphatic heterocycles. The van der Waals surface area contributed by atoms with Crippen molar-refractivity contribution < 1.29 is 9.59 Å². The Morgan fingerprint density at radius 2 is 2.21 bits per heavy atom. The average Bonchev–Trinajstić information content (AvgIpc) is 2.93. The fourth-order valence-corrected chi connectivity index (χ4v) is 2.47. The number of amides is 2. The number of carbonyl (C=O) groups excluding carboxylic acids is 2. The molecule has 3 N–H and O–H groups in total. The minimum Gasteiger partial charge on any atom is -0.368 e. The lowest BCUT2D eigenvalue weighted by atomic mass is 10.2. The summed E-state index contributed by atoms with van der Waals surface area (Å²) < 4.78 is 1.69. The van der Waals surface area contributed by atoms with Crippen molar-refractivity contribution in [2.24, 2.45) is 5.73 Å². The van der Waals surface area contributed by atoms with Gasteiger partial charge in [-0.05, 0) is 12.8 Å². The molecule has 1 aromatic heterocycles. The molecule has 3 rings (SSSR count). The Labute approximate surface area is 109 Å². The van der Waals surface area contributed by atoms with Gasteiger partial charge >= 0.3 is 0 Å². The molecular weight excluding hydrogens is 248 g/mol. The summed E-state index contributed by atoms with van der Waals surface area (Å²) in [5, 5.41) is 11.0. The molecule has 1 atom stereocenters. The fourth-order valence-electron chi connectivity index (χ4n) is 2.47. The molecule has 2 amide bonds. The van der Waals surface area contributed by atoms with E-state index in [0.717, 1.165) is 19.5 Å². The first-order chi connectivity index (χ1) is 9.16. The van der Waals surface area contributed by atoms with E-state index in [1.165, 1.54) is 4.90 Å². The predicted octanol–water partition coefficient (Wildman–Crippen LogP) is -1.49. The number of nitrogens with zero attached hydrogens (tertiary/aromatic N) is 4. The molecule has 0 bridgehead atoms. The maximum absolute atomic E-state index is 12.3. The van der Waals surface area contributed by atoms with Crippen LogP contribution in [0.2, 0.25) is 0 Å². The lowest BCUT2D eigenvalue weighted by Gasteiger charge is -2.26. The second-order valence-corrected chi connectivity index (χ2v) is 4.95. The maximum Gasteiger partial charge on any atom is 0.276 e. The molecule has 2 saturated heterocycles. The van der Waals surface area contributed by atoms with Crippen LogP contribution in [-0.4, -0.2) is 57.4 Å². The second-order valence-electron chi connectivity index (χ2n) is 4.95. The van der Waals surface area contributed by atoms with E-state index in [1.807, 2.05) is 0 Å². The Bertz CT molecular complexity index is 509. The second kappa shape index (κ2) is 4.61. The van der Waals surface area contributed by atoms with Crippen LogP contribution < -0.4 is 11.1 Å². The van der Waals surface area contributed by atoms with Crippen LogP contribution in [0.3, 0.4) is 0 Å². The van der Waals surface area contributed by atoms with Gasteiger partial charge < -0.3 is 16.0 Å². The molecule has 0 saturated carbocycles. The van der Waals surface area contributed by atoms with Gasteiger partial charge in [0.05, 0.1) is 12.2 Å². The molecule has 0 radical (unpaired) electrons. The molecule has 8 heteroatoms. The smallest absolute Gasteiger partial charge is 0.276 e. The lowest BCUT2D eigenvalue weighted by molar-refractivity contribution is -0.121. The van der Waals surface area contributed by atoms with Crippen molar-refractivity contribution in [3.63, 3.8) is 0 Å². The first-order valence-electron chi connectivity index (χ1n) is 6.39. The SMILES string of the molecule is NC(=O)C1CCCN1C(=O)c1cn(C2CNC2)nn1. The van der Waals surface area contributed by atoms with Crippen LogP contribution in [0, 0.1) is 0 Å². The van der Waals surface area contributed by atoms with Crippen molar-refractivity contribution in [1.29, 1.82) is 0 Å². The van der Waals surface area contributed by atoms with E-state index >= 15 is 0 Å². The molecule has 1 aromatic rings. The highest BCUT2D eigenvalue weighted by molar-refractivity contribution is 5.95. The van der Waals surface area contributed by atoms with Crippen molar-refractivity contribution in [3.8, 4) is 0 Å². The summed E-state index contributed by atoms with van der Waals surface area (Å²) in [6.45, 7) is 2.22. The number of primary amides is 1. The minimum absolute atomic E-state index is 0.263. The van der Waals surface area contributed by atoms with E-state index in [9.17, 15) is 9.59 Å². The molecule has 8 nitrogen and oxygen atoms in total. The molecule has 2 fully saturated rings. The first-order valence-corrected chi connectivity index (χ1v) is 6.39. The van der Waals surface area contributed by atoms with Crippen molar-refractivity contribution >= 4 is 11.8 Å². The molecule has 19 heavy (non-hydrogen) atoms. The van der Waals surface area contributed by atoms with Gasteiger partial charge in [-0.3, -0.25) is 9.59 Å². The number of hydrogen-bond donors (Lipinski definition) is 2. The van der Waals surface area contributed by atoms with E-state index < -0.39 is 11.9 Å². The minimum atomic E-state index is -0.511. The Morgan fingerprint density at radius 3 is 2.84 bits per heavy atom. The monoisotopic (exact) mass is 264 g/mol. The Kier molecular flexibility index (Phi) is 2.94. The van der Waals surface area contributed by atoms with E-state index in [2.05, 4.69) is 15.6 Å². The van der Waals surface area contributed by atoms with E-state index in [0.29, 0.717) is 13.0 Å². The number of carbonyl (C=O) groups is 2. The van der Waals surface area contributed by atoms with Gasteiger partial charge in [0.2, 0.25) is 5.91 Å². The zero-order chi connectivity index (χ0) is 13.4. The van der Waals surface area contributed by atoms with E-state index in [4.69, 9.17) is 5.73 Å². The van der Waals surface area contributed by atoms with E-state index in [1.54, 1.807) is 10.9 Å². The van der Waals surface area contributed by atoms with Gasteiger partial charge in [-0.25, -0.2) is 4.68 Å². The van der Waals surface area contributed by atoms with Crippen LogP contribution in [0.25, 0.3) is 0 Å². The van der Waals surface area contributed by atoms with Crippen molar-refractivity contribution in [1.82, 2.24) is 25.2 Å². The van der Waals surface area contributed by atoms with Gasteiger partial charge in [0.15, 0.2) is 5.69 Å². The molecule has 0 aromatic carbocycles. The molecule has 2 aliphatic rings. The van der Waals surface area contributed by atoms with Crippen LogP contribution in [0.1, 0.15) is 29.4 Å². The number of nitrogens with two attached hydrogens (primary N) is 1. The summed E-state index contributed by atoms with van der Waals surface area (Å²) in [6.07, 6.45) is 3.06. The van der Waals surface area contributed by atoms with Gasteiger partial charge in [0.1, 0.15) is 6.04 Å². The normalized spacial score (nSPS) is 23.4. The number of rotatable bonds is 3. The zero-order valence-electron chi connectivity index (χ0n) is 10.5. The first kappa shape index (κ1) is 12.1. The summed E-state index contributed by atoms with van der Waals surface area (Å²) in [5.74, 6) is -0.721. The van der Waals surface area contributed by atoms with Crippen molar-refractivity contribution in [3.05, 3.63) is 11.9 Å². The Balaban J connectivity index is 1.75. The summed E-state index contributed by atoms with van der Waals surface area (Å²) in [5.41, 5.74) is 5.58. The van der Waals surface area contributed by atoms with Crippen molar-refractivity contribution in [2.45, 2.75) is 24.9 Å². The molecule has 3 heterocycles. The standard InChI is InChI=1S/C11H16N6O2/c12-10(18)9-2-1-3-16(9)11(19)8-6-17(15-14-8)7-4-13-5-7/h6-7,9,13H,1-5H2,(H2,12,18). The highest BCUT2D eigenvalue weighted by Gasteiger charge is 2.34. The van der Waals surface area contributed by atoms with Gasteiger partial charge in [-0.2, -0.15) is 0 Å². The van der Waals surface area contributed by atoms with Crippen LogP contribution in [0.15, 0.2) is 6.20 Å². The average molecular weight is 264 g/mol. The summed E-state index contributed by atoms with van der Waals surface area (Å²) in [6, 6.07) is -0.248. The quantitative estimate of drug-likeness (QED) is 0.692. The Morgan fingerprint density at radius 1 is 1.42 bits per heavy atom. The van der Waals surface area contributed by atoms with Gasteiger partial charge in [0, 0.05) is 19.6 Å². The van der Waals surface area contributed by atoms with Crippen molar-refractivity contribution in [2.75, 3.05) is 19.6 Å². The Hall–Kier alpha value is -1.96. The van der Waals surface area contributed by atoms with E-state index in [-0.39, 0.29) is 17.6 Å². The van der Waals surface area contributed by atoms with Gasteiger partial charge in [-0.1, -0.05) is 5.21 Å². The summed E-state index contributed by atoms with van der Waals surface area (Å²) in [4.78, 5) is 25.1.